The second-order valence-corrected chi connectivity index (χ2v) is 17.3. The quantitative estimate of drug-likeness (QED) is 0.0850. The summed E-state index contributed by atoms with van der Waals surface area (Å²) in [7, 11) is -3.97. The third-order valence-corrected chi connectivity index (χ3v) is 12.5. The largest absolute Gasteiger partial charge is 0.392 e. The Balaban J connectivity index is 1.08. The first-order chi connectivity index (χ1) is 29.1. The second-order valence-electron chi connectivity index (χ2n) is 15.6. The molecule has 310 valence electrons. The Morgan fingerprint density at radius 2 is 1.20 bits per heavy atom. The molecule has 3 N–H and O–H groups in total. The van der Waals surface area contributed by atoms with Gasteiger partial charge in [0.2, 0.25) is 15.9 Å². The summed E-state index contributed by atoms with van der Waals surface area (Å²) in [6.45, 7) is 6.39. The molecule has 0 aliphatic carbocycles. The number of aliphatic hydroxyl groups excluding tert-OH is 1. The van der Waals surface area contributed by atoms with Crippen LogP contribution in [0.15, 0.2) is 169 Å². The number of sulfonamides is 1. The van der Waals surface area contributed by atoms with Crippen LogP contribution in [0.25, 0.3) is 0 Å². The number of nitrogens with zero attached hydrogens (tertiary/aromatic N) is 1. The van der Waals surface area contributed by atoms with Crippen molar-refractivity contribution in [3.05, 3.63) is 208 Å². The fourth-order valence-electron chi connectivity index (χ4n) is 7.57. The Labute approximate surface area is 354 Å². The summed E-state index contributed by atoms with van der Waals surface area (Å²) in [5.74, 6) is -0.433. The van der Waals surface area contributed by atoms with Crippen LogP contribution in [-0.4, -0.2) is 43.0 Å². The lowest BCUT2D eigenvalue weighted by molar-refractivity contribution is -0.276. The van der Waals surface area contributed by atoms with E-state index in [1.165, 1.54) is 11.1 Å². The topological polar surface area (TPSA) is 117 Å². The molecule has 0 unspecified atom stereocenters. The normalized spacial score (nSPS) is 18.5. The van der Waals surface area contributed by atoms with Gasteiger partial charge in [-0.05, 0) is 58.9 Å². The molecule has 0 spiro atoms. The van der Waals surface area contributed by atoms with Crippen molar-refractivity contribution >= 4 is 15.9 Å². The van der Waals surface area contributed by atoms with Crippen LogP contribution in [-0.2, 0) is 57.0 Å². The first-order valence-electron chi connectivity index (χ1n) is 20.4. The highest BCUT2D eigenvalue weighted by Crippen LogP contribution is 2.42. The van der Waals surface area contributed by atoms with Gasteiger partial charge < -0.3 is 19.9 Å². The third kappa shape index (κ3) is 11.4. The molecule has 9 nitrogen and oxygen atoms in total. The van der Waals surface area contributed by atoms with Crippen LogP contribution in [0, 0.1) is 12.8 Å². The lowest BCUT2D eigenvalue weighted by atomic mass is 9.89. The maximum Gasteiger partial charge on any atom is 0.241 e. The molecule has 6 aromatic rings. The lowest BCUT2D eigenvalue weighted by Gasteiger charge is -2.43. The van der Waals surface area contributed by atoms with Gasteiger partial charge >= 0.3 is 0 Å². The van der Waals surface area contributed by atoms with Crippen molar-refractivity contribution < 1.29 is 27.8 Å². The molecule has 1 aliphatic rings. The summed E-state index contributed by atoms with van der Waals surface area (Å²) in [5, 5.41) is 12.7. The van der Waals surface area contributed by atoms with E-state index in [9.17, 15) is 18.3 Å². The van der Waals surface area contributed by atoms with Crippen molar-refractivity contribution in [2.24, 2.45) is 5.92 Å². The number of carbonyl (C=O) groups is 1. The minimum absolute atomic E-state index is 0.00276. The number of amides is 1. The molecule has 1 amide bonds. The fraction of sp³-hybridized carbons (Fsp3) is 0.260. The van der Waals surface area contributed by atoms with Crippen LogP contribution in [0.4, 0.5) is 0 Å². The Morgan fingerprint density at radius 1 is 0.667 bits per heavy atom. The SMILES string of the molecule is Cc1ccc(S(=O)(=O)N[C@H](Cc2ccccc2)C(=O)NCc2ccc([C@@H]3O[C@H](CN(Cc4ccccc4)Cc4ccccc4)[C@H](C)[C@H](c4ccc(CO)cc4)O3)cc2)cc1. The smallest absolute Gasteiger partial charge is 0.241 e. The van der Waals surface area contributed by atoms with Crippen LogP contribution in [0.3, 0.4) is 0 Å². The molecular weight excluding hydrogens is 771 g/mol. The predicted molar refractivity (Wildman–Crippen MR) is 234 cm³/mol. The summed E-state index contributed by atoms with van der Waals surface area (Å²) < 4.78 is 43.1. The molecule has 0 radical (unpaired) electrons. The van der Waals surface area contributed by atoms with Crippen molar-refractivity contribution in [1.29, 1.82) is 0 Å². The van der Waals surface area contributed by atoms with Crippen molar-refractivity contribution in [2.75, 3.05) is 6.54 Å². The lowest BCUT2D eigenvalue weighted by Crippen LogP contribution is -2.47. The molecule has 5 atom stereocenters. The number of carbonyl (C=O) groups excluding carboxylic acids is 1. The molecule has 7 rings (SSSR count). The van der Waals surface area contributed by atoms with E-state index in [1.54, 1.807) is 24.3 Å². The summed E-state index contributed by atoms with van der Waals surface area (Å²) >= 11 is 0. The Kier molecular flexibility index (Phi) is 14.4. The highest BCUT2D eigenvalue weighted by atomic mass is 32.2. The molecule has 1 heterocycles. The van der Waals surface area contributed by atoms with Crippen LogP contribution in [0.2, 0.25) is 0 Å². The highest BCUT2D eigenvalue weighted by molar-refractivity contribution is 7.89. The summed E-state index contributed by atoms with van der Waals surface area (Å²) in [6, 6.07) is 51.5. The molecule has 1 fully saturated rings. The molecule has 1 saturated heterocycles. The van der Waals surface area contributed by atoms with E-state index in [4.69, 9.17) is 9.47 Å². The van der Waals surface area contributed by atoms with Gasteiger partial charge in [0.05, 0.1) is 23.7 Å². The second kappa shape index (κ2) is 20.2. The number of ether oxygens (including phenoxy) is 2. The van der Waals surface area contributed by atoms with E-state index in [2.05, 4.69) is 70.4 Å². The van der Waals surface area contributed by atoms with Gasteiger partial charge in [-0.15, -0.1) is 0 Å². The van der Waals surface area contributed by atoms with Crippen LogP contribution in [0.1, 0.15) is 63.8 Å². The number of aliphatic hydroxyl groups is 1. The monoisotopic (exact) mass is 823 g/mol. The molecular formula is C50H53N3O6S. The van der Waals surface area contributed by atoms with Gasteiger partial charge in [-0.25, -0.2) is 8.42 Å². The van der Waals surface area contributed by atoms with Gasteiger partial charge in [0.15, 0.2) is 6.29 Å². The van der Waals surface area contributed by atoms with Gasteiger partial charge in [0, 0.05) is 37.7 Å². The molecule has 60 heavy (non-hydrogen) atoms. The number of hydrogen-bond acceptors (Lipinski definition) is 7. The maximum absolute atomic E-state index is 13.7. The number of hydrogen-bond donors (Lipinski definition) is 3. The van der Waals surface area contributed by atoms with Crippen molar-refractivity contribution in [3.63, 3.8) is 0 Å². The average Bonchev–Trinajstić information content (AvgIpc) is 3.27. The van der Waals surface area contributed by atoms with Crippen LogP contribution in [0.5, 0.6) is 0 Å². The minimum Gasteiger partial charge on any atom is -0.392 e. The molecule has 1 aliphatic heterocycles. The summed E-state index contributed by atoms with van der Waals surface area (Å²) in [4.78, 5) is 16.2. The van der Waals surface area contributed by atoms with Gasteiger partial charge in [0.25, 0.3) is 0 Å². The maximum atomic E-state index is 13.7. The Hall–Kier alpha value is -5.46. The molecule has 0 aromatic heterocycles. The number of benzene rings is 6. The zero-order valence-corrected chi connectivity index (χ0v) is 34.9. The van der Waals surface area contributed by atoms with E-state index in [-0.39, 0.29) is 42.6 Å². The number of aryl methyl sites for hydroxylation is 1. The average molecular weight is 824 g/mol. The zero-order chi connectivity index (χ0) is 41.9. The summed E-state index contributed by atoms with van der Waals surface area (Å²) in [5.41, 5.74) is 7.73. The Bertz CT molecular complexity index is 2320. The minimum atomic E-state index is -3.97. The number of rotatable bonds is 17. The first-order valence-corrected chi connectivity index (χ1v) is 21.9. The molecule has 10 heteroatoms. The van der Waals surface area contributed by atoms with Crippen LogP contribution < -0.4 is 10.0 Å². The van der Waals surface area contributed by atoms with Crippen molar-refractivity contribution in [1.82, 2.24) is 14.9 Å². The van der Waals surface area contributed by atoms with E-state index < -0.39 is 28.3 Å². The Morgan fingerprint density at radius 3 is 1.77 bits per heavy atom. The molecule has 6 aromatic carbocycles. The van der Waals surface area contributed by atoms with Gasteiger partial charge in [-0.1, -0.05) is 164 Å². The summed E-state index contributed by atoms with van der Waals surface area (Å²) in [6.07, 6.45) is -0.951. The van der Waals surface area contributed by atoms with E-state index in [1.807, 2.05) is 97.9 Å². The number of nitrogens with one attached hydrogen (secondary N) is 2. The highest BCUT2D eigenvalue weighted by Gasteiger charge is 2.39. The molecule has 0 saturated carbocycles. The fourth-order valence-corrected chi connectivity index (χ4v) is 8.76. The van der Waals surface area contributed by atoms with Crippen molar-refractivity contribution in [2.45, 2.75) is 75.9 Å². The zero-order valence-electron chi connectivity index (χ0n) is 34.1. The van der Waals surface area contributed by atoms with E-state index in [0.29, 0.717) is 6.54 Å². The predicted octanol–water partition coefficient (Wildman–Crippen LogP) is 8.19. The standard InChI is InChI=1S/C50H53N3O6S/c1-36-18-28-45(29-19-36)60(56,57)52-46(30-38-12-6-3-7-13-38)49(55)51-31-39-20-26-44(27-21-39)50-58-47(37(2)48(59-50)43-24-22-42(35-54)23-25-43)34-53(32-40-14-8-4-9-15-40)33-41-16-10-5-11-17-41/h3-29,37,46-48,50,52,54H,30-35H2,1-2H3,(H,51,55)/t37-,46+,47+,48+,50+/m0/s1. The van der Waals surface area contributed by atoms with Gasteiger partial charge in [-0.2, -0.15) is 4.72 Å². The third-order valence-electron chi connectivity index (χ3n) is 11.0. The van der Waals surface area contributed by atoms with E-state index >= 15 is 0 Å². The molecule has 0 bridgehead atoms. The van der Waals surface area contributed by atoms with Gasteiger partial charge in [-0.3, -0.25) is 9.69 Å². The van der Waals surface area contributed by atoms with Gasteiger partial charge in [0.1, 0.15) is 6.04 Å². The first kappa shape index (κ1) is 42.7. The van der Waals surface area contributed by atoms with Crippen LogP contribution >= 0.6 is 0 Å². The van der Waals surface area contributed by atoms with Crippen molar-refractivity contribution in [3.8, 4) is 0 Å². The van der Waals surface area contributed by atoms with E-state index in [0.717, 1.165) is 46.5 Å².